The second-order valence-corrected chi connectivity index (χ2v) is 8.10. The fourth-order valence-electron chi connectivity index (χ4n) is 4.06. The van der Waals surface area contributed by atoms with E-state index in [9.17, 15) is 9.59 Å². The van der Waals surface area contributed by atoms with Crippen LogP contribution in [0.4, 0.5) is 5.69 Å². The molecule has 156 valence electrons. The molecule has 30 heavy (non-hydrogen) atoms. The van der Waals surface area contributed by atoms with E-state index in [-0.39, 0.29) is 11.8 Å². The van der Waals surface area contributed by atoms with Gasteiger partial charge < -0.3 is 15.6 Å². The molecule has 0 saturated heterocycles. The maximum atomic E-state index is 12.6. The monoisotopic (exact) mass is 404 g/mol. The molecule has 2 amide bonds. The predicted molar refractivity (Wildman–Crippen MR) is 119 cm³/mol. The number of aromatic nitrogens is 2. The summed E-state index contributed by atoms with van der Waals surface area (Å²) in [4.78, 5) is 31.7. The molecule has 0 radical (unpaired) electrons. The standard InChI is InChI=1S/C24H28N4O2/c1-16(29)25-20-11-7-17(8-12-20)9-14-23-27-21-13-10-18(15-22(21)28-23)24(30)26-19-5-3-2-4-6-19/h7-8,10-13,15,19H,2-6,9,14H2,1H3,(H,25,29)(H,26,30)(H,27,28). The van der Waals surface area contributed by atoms with Gasteiger partial charge in [-0.25, -0.2) is 4.98 Å². The number of aromatic amines is 1. The minimum atomic E-state index is -0.0724. The number of imidazole rings is 1. The number of anilines is 1. The van der Waals surface area contributed by atoms with E-state index in [0.717, 1.165) is 48.2 Å². The molecular formula is C24H28N4O2. The van der Waals surface area contributed by atoms with Crippen LogP contribution in [0.5, 0.6) is 0 Å². The molecule has 1 aliphatic carbocycles. The van der Waals surface area contributed by atoms with Gasteiger partial charge in [0, 0.05) is 30.6 Å². The lowest BCUT2D eigenvalue weighted by atomic mass is 9.95. The van der Waals surface area contributed by atoms with E-state index in [1.165, 1.54) is 31.7 Å². The third-order valence-corrected chi connectivity index (χ3v) is 5.66. The van der Waals surface area contributed by atoms with Gasteiger partial charge in [0.15, 0.2) is 0 Å². The van der Waals surface area contributed by atoms with Crippen molar-refractivity contribution >= 4 is 28.5 Å². The van der Waals surface area contributed by atoms with Crippen molar-refractivity contribution in [2.75, 3.05) is 5.32 Å². The highest BCUT2D eigenvalue weighted by atomic mass is 16.2. The fourth-order valence-corrected chi connectivity index (χ4v) is 4.06. The third-order valence-electron chi connectivity index (χ3n) is 5.66. The molecule has 1 saturated carbocycles. The van der Waals surface area contributed by atoms with Gasteiger partial charge in [0.2, 0.25) is 5.91 Å². The Hall–Kier alpha value is -3.15. The number of H-pyrrole nitrogens is 1. The van der Waals surface area contributed by atoms with E-state index in [1.807, 2.05) is 42.5 Å². The second kappa shape index (κ2) is 9.11. The largest absolute Gasteiger partial charge is 0.349 e. The Balaban J connectivity index is 1.38. The summed E-state index contributed by atoms with van der Waals surface area (Å²) in [5.41, 5.74) is 4.42. The molecule has 3 N–H and O–H groups in total. The summed E-state index contributed by atoms with van der Waals surface area (Å²) in [5.74, 6) is 0.830. The summed E-state index contributed by atoms with van der Waals surface area (Å²) in [6.07, 6.45) is 7.44. The van der Waals surface area contributed by atoms with Gasteiger partial charge in [0.25, 0.3) is 5.91 Å². The Labute approximate surface area is 176 Å². The molecule has 4 rings (SSSR count). The average molecular weight is 405 g/mol. The molecule has 0 aliphatic heterocycles. The highest BCUT2D eigenvalue weighted by molar-refractivity contribution is 5.97. The SMILES string of the molecule is CC(=O)Nc1ccc(CCc2nc3ccc(C(=O)NC4CCCCC4)cc3[nH]2)cc1. The minimum absolute atomic E-state index is 0.000731. The van der Waals surface area contributed by atoms with Gasteiger partial charge >= 0.3 is 0 Å². The van der Waals surface area contributed by atoms with Crippen LogP contribution in [0, 0.1) is 0 Å². The van der Waals surface area contributed by atoms with Gasteiger partial charge in [0.05, 0.1) is 11.0 Å². The maximum absolute atomic E-state index is 12.6. The molecule has 0 unspecified atom stereocenters. The quantitative estimate of drug-likeness (QED) is 0.570. The van der Waals surface area contributed by atoms with Crippen molar-refractivity contribution < 1.29 is 9.59 Å². The minimum Gasteiger partial charge on any atom is -0.349 e. The van der Waals surface area contributed by atoms with Crippen LogP contribution in [-0.2, 0) is 17.6 Å². The van der Waals surface area contributed by atoms with Crippen molar-refractivity contribution in [2.45, 2.75) is 57.9 Å². The number of nitrogens with one attached hydrogen (secondary N) is 3. The molecular weight excluding hydrogens is 376 g/mol. The van der Waals surface area contributed by atoms with E-state index in [2.05, 4.69) is 20.6 Å². The van der Waals surface area contributed by atoms with Gasteiger partial charge in [-0.15, -0.1) is 0 Å². The van der Waals surface area contributed by atoms with Crippen LogP contribution in [0.15, 0.2) is 42.5 Å². The zero-order chi connectivity index (χ0) is 20.9. The van der Waals surface area contributed by atoms with E-state index >= 15 is 0 Å². The van der Waals surface area contributed by atoms with Crippen molar-refractivity contribution in [3.8, 4) is 0 Å². The smallest absolute Gasteiger partial charge is 0.251 e. The van der Waals surface area contributed by atoms with Gasteiger partial charge in [-0.1, -0.05) is 31.4 Å². The van der Waals surface area contributed by atoms with E-state index < -0.39 is 0 Å². The van der Waals surface area contributed by atoms with Crippen molar-refractivity contribution in [2.24, 2.45) is 0 Å². The van der Waals surface area contributed by atoms with Crippen LogP contribution in [0.2, 0.25) is 0 Å². The number of fused-ring (bicyclic) bond motifs is 1. The van der Waals surface area contributed by atoms with Crippen LogP contribution in [0.1, 0.15) is 60.8 Å². The van der Waals surface area contributed by atoms with Crippen molar-refractivity contribution in [3.05, 3.63) is 59.4 Å². The van der Waals surface area contributed by atoms with Gasteiger partial charge in [0.1, 0.15) is 5.82 Å². The van der Waals surface area contributed by atoms with Gasteiger partial charge in [-0.2, -0.15) is 0 Å². The van der Waals surface area contributed by atoms with Crippen molar-refractivity contribution in [1.82, 2.24) is 15.3 Å². The number of rotatable bonds is 6. The number of hydrogen-bond acceptors (Lipinski definition) is 3. The lowest BCUT2D eigenvalue weighted by Crippen LogP contribution is -2.36. The molecule has 6 heteroatoms. The average Bonchev–Trinajstić information content (AvgIpc) is 3.16. The Bertz CT molecular complexity index is 1030. The first-order valence-corrected chi connectivity index (χ1v) is 10.7. The van der Waals surface area contributed by atoms with Crippen LogP contribution in [0.3, 0.4) is 0 Å². The summed E-state index contributed by atoms with van der Waals surface area (Å²) >= 11 is 0. The molecule has 0 bridgehead atoms. The van der Waals surface area contributed by atoms with Crippen molar-refractivity contribution in [3.63, 3.8) is 0 Å². The summed E-state index contributed by atoms with van der Waals surface area (Å²) in [6.45, 7) is 1.50. The highest BCUT2D eigenvalue weighted by Crippen LogP contribution is 2.19. The first-order valence-electron chi connectivity index (χ1n) is 10.7. The number of nitrogens with zero attached hydrogens (tertiary/aromatic N) is 1. The lowest BCUT2D eigenvalue weighted by molar-refractivity contribution is -0.114. The highest BCUT2D eigenvalue weighted by Gasteiger charge is 2.17. The summed E-state index contributed by atoms with van der Waals surface area (Å²) in [5, 5.41) is 5.94. The van der Waals surface area contributed by atoms with E-state index in [0.29, 0.717) is 11.6 Å². The molecule has 0 atom stereocenters. The molecule has 6 nitrogen and oxygen atoms in total. The topological polar surface area (TPSA) is 86.9 Å². The number of benzene rings is 2. The second-order valence-electron chi connectivity index (χ2n) is 8.10. The van der Waals surface area contributed by atoms with Crippen LogP contribution in [-0.4, -0.2) is 27.8 Å². The maximum Gasteiger partial charge on any atom is 0.251 e. The number of carbonyl (C=O) groups is 2. The number of aryl methyl sites for hydroxylation is 2. The molecule has 1 heterocycles. The normalized spacial score (nSPS) is 14.6. The molecule has 3 aromatic rings. The Morgan fingerprint density at radius 1 is 1.03 bits per heavy atom. The molecule has 1 aromatic heterocycles. The molecule has 2 aromatic carbocycles. The van der Waals surface area contributed by atoms with Gasteiger partial charge in [-0.05, 0) is 55.2 Å². The lowest BCUT2D eigenvalue weighted by Gasteiger charge is -2.22. The molecule has 1 fully saturated rings. The first-order chi connectivity index (χ1) is 14.6. The zero-order valence-corrected chi connectivity index (χ0v) is 17.3. The number of amides is 2. The summed E-state index contributed by atoms with van der Waals surface area (Å²) < 4.78 is 0. The first kappa shape index (κ1) is 20.1. The number of hydrogen-bond donors (Lipinski definition) is 3. The van der Waals surface area contributed by atoms with Gasteiger partial charge in [-0.3, -0.25) is 9.59 Å². The Morgan fingerprint density at radius 3 is 2.53 bits per heavy atom. The predicted octanol–water partition coefficient (Wildman–Crippen LogP) is 4.37. The third kappa shape index (κ3) is 5.06. The van der Waals surface area contributed by atoms with E-state index in [1.54, 1.807) is 0 Å². The van der Waals surface area contributed by atoms with Crippen LogP contribution in [0.25, 0.3) is 11.0 Å². The van der Waals surface area contributed by atoms with E-state index in [4.69, 9.17) is 0 Å². The fraction of sp³-hybridized carbons (Fsp3) is 0.375. The van der Waals surface area contributed by atoms with Crippen LogP contribution >= 0.6 is 0 Å². The zero-order valence-electron chi connectivity index (χ0n) is 17.3. The number of carbonyl (C=O) groups excluding carboxylic acids is 2. The van der Waals surface area contributed by atoms with Crippen molar-refractivity contribution in [1.29, 1.82) is 0 Å². The molecule has 0 spiro atoms. The summed E-state index contributed by atoms with van der Waals surface area (Å²) in [7, 11) is 0. The molecule has 1 aliphatic rings. The summed E-state index contributed by atoms with van der Waals surface area (Å²) in [6, 6.07) is 13.8. The Kier molecular flexibility index (Phi) is 6.12. The Morgan fingerprint density at radius 2 is 1.80 bits per heavy atom. The van der Waals surface area contributed by atoms with Crippen LogP contribution < -0.4 is 10.6 Å².